The highest BCUT2D eigenvalue weighted by Gasteiger charge is 2.25. The smallest absolute Gasteiger partial charge is 0.336 e. The highest BCUT2D eigenvalue weighted by Crippen LogP contribution is 2.27. The van der Waals surface area contributed by atoms with Gasteiger partial charge in [0.1, 0.15) is 0 Å². The molecule has 0 aliphatic rings. The van der Waals surface area contributed by atoms with Gasteiger partial charge in [-0.2, -0.15) is 0 Å². The summed E-state index contributed by atoms with van der Waals surface area (Å²) in [7, 11) is -3.81. The van der Waals surface area contributed by atoms with Crippen LogP contribution in [0.15, 0.2) is 41.3 Å². The van der Waals surface area contributed by atoms with E-state index in [1.807, 2.05) is 0 Å². The number of aromatic carboxylic acids is 1. The number of fused-ring (bicyclic) bond motifs is 1. The molecule has 0 aliphatic carbocycles. The first-order valence-electron chi connectivity index (χ1n) is 6.41. The molecule has 0 aliphatic heterocycles. The Bertz CT molecular complexity index is 799. The van der Waals surface area contributed by atoms with Gasteiger partial charge in [0.15, 0.2) is 0 Å². The molecule has 2 aromatic carbocycles. The van der Waals surface area contributed by atoms with Crippen LogP contribution in [0.5, 0.6) is 0 Å². The standard InChI is InChI=1S/C15H17NO4S/c1-15(2,3)16-21(19,20)12-9-5-7-10-6-4-8-11(13(10)12)14(17)18/h4-9,16H,1-3H3,(H,17,18). The fourth-order valence-electron chi connectivity index (χ4n) is 2.17. The van der Waals surface area contributed by atoms with Crippen LogP contribution in [0.25, 0.3) is 10.8 Å². The Hall–Kier alpha value is -1.92. The monoisotopic (exact) mass is 307 g/mol. The molecule has 0 heterocycles. The average Bonchev–Trinajstić information content (AvgIpc) is 2.34. The Balaban J connectivity index is 2.79. The number of hydrogen-bond donors (Lipinski definition) is 2. The van der Waals surface area contributed by atoms with E-state index in [2.05, 4.69) is 4.72 Å². The zero-order chi connectivity index (χ0) is 15.8. The van der Waals surface area contributed by atoms with Crippen molar-refractivity contribution in [3.8, 4) is 0 Å². The summed E-state index contributed by atoms with van der Waals surface area (Å²) in [6.07, 6.45) is 0. The van der Waals surface area contributed by atoms with Crippen LogP contribution in [0.2, 0.25) is 0 Å². The van der Waals surface area contributed by atoms with Crippen LogP contribution in [-0.4, -0.2) is 25.0 Å². The third-order valence-corrected chi connectivity index (χ3v) is 4.63. The van der Waals surface area contributed by atoms with E-state index < -0.39 is 21.5 Å². The Morgan fingerprint density at radius 3 is 2.19 bits per heavy atom. The second-order valence-corrected chi connectivity index (χ2v) is 7.47. The van der Waals surface area contributed by atoms with Crippen LogP contribution in [0.3, 0.4) is 0 Å². The summed E-state index contributed by atoms with van der Waals surface area (Å²) in [4.78, 5) is 11.3. The minimum absolute atomic E-state index is 0.0204. The number of rotatable bonds is 3. The van der Waals surface area contributed by atoms with Crippen LogP contribution in [0.4, 0.5) is 0 Å². The highest BCUT2D eigenvalue weighted by atomic mass is 32.2. The Labute approximate surface area is 123 Å². The Morgan fingerprint density at radius 2 is 1.67 bits per heavy atom. The van der Waals surface area contributed by atoms with Crippen molar-refractivity contribution in [2.24, 2.45) is 0 Å². The van der Waals surface area contributed by atoms with Gasteiger partial charge in [0, 0.05) is 10.9 Å². The quantitative estimate of drug-likeness (QED) is 0.913. The molecule has 0 atom stereocenters. The Kier molecular flexibility index (Phi) is 3.78. The normalized spacial score (nSPS) is 12.5. The lowest BCUT2D eigenvalue weighted by Gasteiger charge is -2.21. The molecule has 0 spiro atoms. The Morgan fingerprint density at radius 1 is 1.10 bits per heavy atom. The maximum Gasteiger partial charge on any atom is 0.336 e. The SMILES string of the molecule is CC(C)(C)NS(=O)(=O)c1cccc2cccc(C(=O)O)c12. The number of nitrogens with one attached hydrogen (secondary N) is 1. The summed E-state index contributed by atoms with van der Waals surface area (Å²) in [5.41, 5.74) is -0.679. The largest absolute Gasteiger partial charge is 0.478 e. The van der Waals surface area contributed by atoms with Crippen molar-refractivity contribution in [2.45, 2.75) is 31.2 Å². The number of sulfonamides is 1. The molecular formula is C15H17NO4S. The van der Waals surface area contributed by atoms with Gasteiger partial charge in [-0.1, -0.05) is 24.3 Å². The van der Waals surface area contributed by atoms with E-state index in [4.69, 9.17) is 0 Å². The predicted octanol–water partition coefficient (Wildman–Crippen LogP) is 2.61. The topological polar surface area (TPSA) is 83.5 Å². The van der Waals surface area contributed by atoms with Gasteiger partial charge in [-0.15, -0.1) is 0 Å². The lowest BCUT2D eigenvalue weighted by Crippen LogP contribution is -2.40. The summed E-state index contributed by atoms with van der Waals surface area (Å²) in [5, 5.41) is 10.1. The van der Waals surface area contributed by atoms with Crippen LogP contribution in [-0.2, 0) is 10.0 Å². The lowest BCUT2D eigenvalue weighted by atomic mass is 10.0. The molecule has 5 nitrogen and oxygen atoms in total. The van der Waals surface area contributed by atoms with E-state index in [0.29, 0.717) is 5.39 Å². The highest BCUT2D eigenvalue weighted by molar-refractivity contribution is 7.89. The molecule has 2 aromatic rings. The fourth-order valence-corrected chi connectivity index (χ4v) is 3.84. The van der Waals surface area contributed by atoms with Gasteiger partial charge in [-0.3, -0.25) is 0 Å². The number of carboxylic acid groups (broad SMARTS) is 1. The van der Waals surface area contributed by atoms with Crippen molar-refractivity contribution in [3.63, 3.8) is 0 Å². The molecule has 0 saturated heterocycles. The molecular weight excluding hydrogens is 290 g/mol. The first-order valence-corrected chi connectivity index (χ1v) is 7.89. The third kappa shape index (κ3) is 3.22. The van der Waals surface area contributed by atoms with E-state index in [-0.39, 0.29) is 15.8 Å². The van der Waals surface area contributed by atoms with Crippen molar-refractivity contribution < 1.29 is 18.3 Å². The number of benzene rings is 2. The molecule has 112 valence electrons. The summed E-state index contributed by atoms with van der Waals surface area (Å²) in [6, 6.07) is 9.41. The molecule has 0 aromatic heterocycles. The van der Waals surface area contributed by atoms with E-state index in [1.165, 1.54) is 12.1 Å². The van der Waals surface area contributed by atoms with Crippen LogP contribution in [0, 0.1) is 0 Å². The van der Waals surface area contributed by atoms with Crippen LogP contribution >= 0.6 is 0 Å². The van der Waals surface area contributed by atoms with Gasteiger partial charge >= 0.3 is 5.97 Å². The van der Waals surface area contributed by atoms with E-state index in [0.717, 1.165) is 0 Å². The second kappa shape index (κ2) is 5.13. The van der Waals surface area contributed by atoms with Crippen molar-refractivity contribution in [3.05, 3.63) is 42.0 Å². The van der Waals surface area contributed by atoms with Gasteiger partial charge in [0.25, 0.3) is 0 Å². The number of hydrogen-bond acceptors (Lipinski definition) is 3. The first kappa shape index (κ1) is 15.5. The van der Waals surface area contributed by atoms with Crippen molar-refractivity contribution in [2.75, 3.05) is 0 Å². The molecule has 6 heteroatoms. The molecule has 0 saturated carbocycles. The maximum absolute atomic E-state index is 12.5. The molecule has 0 fully saturated rings. The average molecular weight is 307 g/mol. The van der Waals surface area contributed by atoms with Gasteiger partial charge in [0.05, 0.1) is 10.5 Å². The first-order chi connectivity index (χ1) is 9.62. The van der Waals surface area contributed by atoms with Crippen molar-refractivity contribution in [1.82, 2.24) is 4.72 Å². The fraction of sp³-hybridized carbons (Fsp3) is 0.267. The number of carbonyl (C=O) groups is 1. The van der Waals surface area contributed by atoms with Gasteiger partial charge in [0.2, 0.25) is 10.0 Å². The summed E-state index contributed by atoms with van der Waals surface area (Å²) < 4.78 is 27.6. The zero-order valence-electron chi connectivity index (χ0n) is 12.0. The van der Waals surface area contributed by atoms with E-state index in [1.54, 1.807) is 45.0 Å². The molecule has 2 rings (SSSR count). The summed E-state index contributed by atoms with van der Waals surface area (Å²) >= 11 is 0. The summed E-state index contributed by atoms with van der Waals surface area (Å²) in [5.74, 6) is -1.15. The molecule has 0 amide bonds. The number of carboxylic acids is 1. The van der Waals surface area contributed by atoms with Crippen LogP contribution < -0.4 is 4.72 Å². The lowest BCUT2D eigenvalue weighted by molar-refractivity contribution is 0.0699. The molecule has 0 unspecified atom stereocenters. The van der Waals surface area contributed by atoms with Gasteiger partial charge in [-0.25, -0.2) is 17.9 Å². The second-order valence-electron chi connectivity index (χ2n) is 5.82. The third-order valence-electron chi connectivity index (χ3n) is 2.83. The van der Waals surface area contributed by atoms with E-state index in [9.17, 15) is 18.3 Å². The zero-order valence-corrected chi connectivity index (χ0v) is 12.9. The maximum atomic E-state index is 12.5. The predicted molar refractivity (Wildman–Crippen MR) is 81.0 cm³/mol. The van der Waals surface area contributed by atoms with Crippen LogP contribution in [0.1, 0.15) is 31.1 Å². The molecule has 0 radical (unpaired) electrons. The van der Waals surface area contributed by atoms with Gasteiger partial charge in [-0.05, 0) is 38.3 Å². The minimum atomic E-state index is -3.81. The summed E-state index contributed by atoms with van der Waals surface area (Å²) in [6.45, 7) is 5.19. The van der Waals surface area contributed by atoms with E-state index >= 15 is 0 Å². The molecule has 2 N–H and O–H groups in total. The van der Waals surface area contributed by atoms with Crippen molar-refractivity contribution >= 4 is 26.8 Å². The van der Waals surface area contributed by atoms with Gasteiger partial charge < -0.3 is 5.11 Å². The van der Waals surface area contributed by atoms with Crippen molar-refractivity contribution in [1.29, 1.82) is 0 Å². The molecule has 21 heavy (non-hydrogen) atoms. The minimum Gasteiger partial charge on any atom is -0.478 e. The molecule has 0 bridgehead atoms.